The van der Waals surface area contributed by atoms with Gasteiger partial charge in [0.1, 0.15) is 24.0 Å². The van der Waals surface area contributed by atoms with Crippen LogP contribution in [0.4, 0.5) is 8.78 Å². The van der Waals surface area contributed by atoms with Gasteiger partial charge in [-0.25, -0.2) is 9.97 Å². The number of benzene rings is 3. The number of aromatic nitrogens is 5. The molecule has 1 fully saturated rings. The van der Waals surface area contributed by atoms with Gasteiger partial charge >= 0.3 is 6.55 Å². The molecule has 0 aliphatic carbocycles. The fourth-order valence-electron chi connectivity index (χ4n) is 6.61. The van der Waals surface area contributed by atoms with Crippen LogP contribution >= 0.6 is 0 Å². The van der Waals surface area contributed by atoms with Crippen LogP contribution in [0.5, 0.6) is 5.75 Å². The first-order valence-corrected chi connectivity index (χ1v) is 17.6. The van der Waals surface area contributed by atoms with Crippen molar-refractivity contribution < 1.29 is 13.5 Å². The quantitative estimate of drug-likeness (QED) is 0.129. The number of halogens is 2. The lowest BCUT2D eigenvalue weighted by atomic mass is 10.1. The molecule has 1 aliphatic rings. The molecule has 50 heavy (non-hydrogen) atoms. The monoisotopic (exact) mass is 679 g/mol. The van der Waals surface area contributed by atoms with Gasteiger partial charge in [0.2, 0.25) is 0 Å². The summed E-state index contributed by atoms with van der Waals surface area (Å²) < 4.78 is 36.4. The van der Waals surface area contributed by atoms with Crippen molar-refractivity contribution in [2.24, 2.45) is 0 Å². The Morgan fingerprint density at radius 1 is 0.740 bits per heavy atom. The summed E-state index contributed by atoms with van der Waals surface area (Å²) in [5.74, 6) is 2.45. The average Bonchev–Trinajstić information content (AvgIpc) is 3.71. The zero-order valence-electron chi connectivity index (χ0n) is 29.2. The molecule has 1 unspecified atom stereocenters. The SMILES string of the molecule is CC(C)N(Cc1ccccn1)Cc1nc2ccccc2n1C(F)F.CC(c1nc2ccccc2n1CCOc1ccccc1)N1CCCCC1. The largest absolute Gasteiger partial charge is 0.492 e. The van der Waals surface area contributed by atoms with Gasteiger partial charge in [0.05, 0.1) is 46.9 Å². The van der Waals surface area contributed by atoms with Crippen molar-refractivity contribution in [1.82, 2.24) is 33.9 Å². The van der Waals surface area contributed by atoms with E-state index in [1.54, 1.807) is 24.4 Å². The van der Waals surface area contributed by atoms with Crippen molar-refractivity contribution in [3.63, 3.8) is 0 Å². The summed E-state index contributed by atoms with van der Waals surface area (Å²) in [6.07, 6.45) is 5.68. The molecule has 1 saturated heterocycles. The van der Waals surface area contributed by atoms with Crippen LogP contribution in [0.25, 0.3) is 22.1 Å². The molecule has 3 aromatic carbocycles. The fourth-order valence-corrected chi connectivity index (χ4v) is 6.61. The minimum Gasteiger partial charge on any atom is -0.492 e. The molecule has 1 atom stereocenters. The molecular weight excluding hydrogens is 632 g/mol. The molecule has 0 saturated carbocycles. The molecule has 7 rings (SSSR count). The fraction of sp³-hybridized carbons (Fsp3) is 0.375. The maximum Gasteiger partial charge on any atom is 0.320 e. The number of ether oxygens (including phenoxy) is 1. The molecule has 8 nitrogen and oxygen atoms in total. The van der Waals surface area contributed by atoms with Crippen LogP contribution < -0.4 is 4.74 Å². The second kappa shape index (κ2) is 16.8. The first-order chi connectivity index (χ1) is 24.4. The summed E-state index contributed by atoms with van der Waals surface area (Å²) in [5.41, 5.74) is 4.23. The summed E-state index contributed by atoms with van der Waals surface area (Å²) in [6, 6.07) is 31.7. The number of pyridine rings is 1. The first kappa shape index (κ1) is 35.2. The van der Waals surface area contributed by atoms with Gasteiger partial charge in [0.15, 0.2) is 0 Å². The normalized spacial score (nSPS) is 14.4. The van der Waals surface area contributed by atoms with Crippen LogP contribution in [-0.4, -0.2) is 59.6 Å². The molecule has 0 bridgehead atoms. The van der Waals surface area contributed by atoms with Crippen molar-refractivity contribution in [1.29, 1.82) is 0 Å². The zero-order chi connectivity index (χ0) is 34.9. The molecule has 1 aliphatic heterocycles. The Balaban J connectivity index is 0.000000174. The maximum absolute atomic E-state index is 13.6. The lowest BCUT2D eigenvalue weighted by Gasteiger charge is -2.32. The molecule has 4 heterocycles. The lowest BCUT2D eigenvalue weighted by Crippen LogP contribution is -2.34. The molecule has 3 aromatic heterocycles. The third kappa shape index (κ3) is 8.54. The smallest absolute Gasteiger partial charge is 0.320 e. The molecule has 0 amide bonds. The number of rotatable bonds is 12. The standard InChI is InChI=1S/C22H27N3O.C18H20F2N4/c1-18(24-14-8-3-9-15-24)22-23-20-12-6-7-13-21(20)25(22)16-17-26-19-10-4-2-5-11-19;1-13(2)23(11-14-7-5-6-10-21-14)12-17-22-15-8-3-4-9-16(15)24(17)18(19)20/h2,4-7,10-13,18H,3,8-9,14-17H2,1H3;3-10,13,18H,11-12H2,1-2H3. The Morgan fingerprint density at radius 3 is 2.08 bits per heavy atom. The summed E-state index contributed by atoms with van der Waals surface area (Å²) in [7, 11) is 0. The Bertz CT molecular complexity index is 1920. The number of imidazole rings is 2. The van der Waals surface area contributed by atoms with Crippen molar-refractivity contribution in [2.45, 2.75) is 78.3 Å². The van der Waals surface area contributed by atoms with Crippen LogP contribution in [0.3, 0.4) is 0 Å². The highest BCUT2D eigenvalue weighted by atomic mass is 19.3. The van der Waals surface area contributed by atoms with Crippen LogP contribution in [0.1, 0.15) is 70.0 Å². The Morgan fingerprint density at radius 2 is 1.40 bits per heavy atom. The highest BCUT2D eigenvalue weighted by Gasteiger charge is 2.24. The number of piperidine rings is 1. The molecule has 262 valence electrons. The van der Waals surface area contributed by atoms with Crippen LogP contribution in [0, 0.1) is 0 Å². The van der Waals surface area contributed by atoms with Crippen molar-refractivity contribution in [3.05, 3.63) is 121 Å². The van der Waals surface area contributed by atoms with Crippen molar-refractivity contribution >= 4 is 22.1 Å². The van der Waals surface area contributed by atoms with Gasteiger partial charge < -0.3 is 9.30 Å². The highest BCUT2D eigenvalue weighted by Crippen LogP contribution is 2.28. The number of fused-ring (bicyclic) bond motifs is 2. The molecule has 0 N–H and O–H groups in total. The van der Waals surface area contributed by atoms with Gasteiger partial charge in [-0.05, 0) is 95.2 Å². The van der Waals surface area contributed by atoms with E-state index in [9.17, 15) is 8.78 Å². The van der Waals surface area contributed by atoms with Gasteiger partial charge in [-0.15, -0.1) is 0 Å². The highest BCUT2D eigenvalue weighted by molar-refractivity contribution is 5.76. The summed E-state index contributed by atoms with van der Waals surface area (Å²) in [5, 5.41) is 0. The Kier molecular flexibility index (Phi) is 11.8. The topological polar surface area (TPSA) is 64.2 Å². The second-order valence-corrected chi connectivity index (χ2v) is 13.0. The number of hydrogen-bond donors (Lipinski definition) is 0. The van der Waals surface area contributed by atoms with E-state index in [-0.39, 0.29) is 6.04 Å². The van der Waals surface area contributed by atoms with Crippen LogP contribution in [0.2, 0.25) is 0 Å². The molecule has 0 radical (unpaired) electrons. The van der Waals surface area contributed by atoms with E-state index in [0.29, 0.717) is 42.6 Å². The van der Waals surface area contributed by atoms with Gasteiger partial charge in [-0.1, -0.05) is 55.0 Å². The molecule has 6 aromatic rings. The van der Waals surface area contributed by atoms with Gasteiger partial charge in [0.25, 0.3) is 0 Å². The van der Waals surface area contributed by atoms with E-state index in [2.05, 4.69) is 55.5 Å². The Hall–Kier alpha value is -4.67. The van der Waals surface area contributed by atoms with Crippen LogP contribution in [-0.2, 0) is 19.6 Å². The molecule has 0 spiro atoms. The maximum atomic E-state index is 13.6. The minimum atomic E-state index is -2.61. The third-order valence-corrected chi connectivity index (χ3v) is 9.35. The number of para-hydroxylation sites is 5. The van der Waals surface area contributed by atoms with Crippen molar-refractivity contribution in [2.75, 3.05) is 19.7 Å². The number of nitrogens with zero attached hydrogens (tertiary/aromatic N) is 7. The van der Waals surface area contributed by atoms with E-state index in [4.69, 9.17) is 9.72 Å². The summed E-state index contributed by atoms with van der Waals surface area (Å²) >= 11 is 0. The van der Waals surface area contributed by atoms with Gasteiger partial charge in [-0.3, -0.25) is 19.4 Å². The molecule has 10 heteroatoms. The van der Waals surface area contributed by atoms with Crippen LogP contribution in [0.15, 0.2) is 103 Å². The second-order valence-electron chi connectivity index (χ2n) is 13.0. The minimum absolute atomic E-state index is 0.179. The third-order valence-electron chi connectivity index (χ3n) is 9.35. The van der Waals surface area contributed by atoms with Gasteiger partial charge in [0, 0.05) is 18.8 Å². The van der Waals surface area contributed by atoms with E-state index < -0.39 is 6.55 Å². The van der Waals surface area contributed by atoms with E-state index in [1.807, 2.05) is 68.4 Å². The summed E-state index contributed by atoms with van der Waals surface area (Å²) in [4.78, 5) is 18.4. The average molecular weight is 680 g/mol. The Labute approximate surface area is 293 Å². The van der Waals surface area contributed by atoms with Gasteiger partial charge in [-0.2, -0.15) is 8.78 Å². The molecular formula is C40H47F2N7O. The van der Waals surface area contributed by atoms with E-state index in [0.717, 1.165) is 33.9 Å². The number of alkyl halides is 2. The predicted octanol–water partition coefficient (Wildman–Crippen LogP) is 8.90. The lowest BCUT2D eigenvalue weighted by molar-refractivity contribution is 0.0666. The number of hydrogen-bond acceptors (Lipinski definition) is 6. The predicted molar refractivity (Wildman–Crippen MR) is 195 cm³/mol. The number of likely N-dealkylation sites (tertiary alicyclic amines) is 1. The zero-order valence-corrected chi connectivity index (χ0v) is 29.2. The first-order valence-electron chi connectivity index (χ1n) is 17.6. The van der Waals surface area contributed by atoms with Crippen molar-refractivity contribution in [3.8, 4) is 5.75 Å². The summed E-state index contributed by atoms with van der Waals surface area (Å²) in [6.45, 7) is 8.48. The van der Waals surface area contributed by atoms with E-state index >= 15 is 0 Å². The van der Waals surface area contributed by atoms with E-state index in [1.165, 1.54) is 37.9 Å².